The summed E-state index contributed by atoms with van der Waals surface area (Å²) in [6.45, 7) is 0. The van der Waals surface area contributed by atoms with Gasteiger partial charge in [0.05, 0.1) is 27.3 Å². The standard InChI is InChI=1S/C22H18ClN3O5S2/c1-32(28,29)26-16-8-9-19-20(13-24-21(19)12-16)22(27)25-15-5-3-7-18(11-15)33(30,31)17-6-2-4-14(23)10-17/h2-13,24,26H,1H3,(H,25,27). The van der Waals surface area contributed by atoms with E-state index in [0.29, 0.717) is 32.9 Å². The molecule has 0 aliphatic rings. The van der Waals surface area contributed by atoms with E-state index in [2.05, 4.69) is 15.0 Å². The minimum atomic E-state index is -3.83. The molecule has 33 heavy (non-hydrogen) atoms. The Morgan fingerprint density at radius 3 is 2.27 bits per heavy atom. The van der Waals surface area contributed by atoms with Crippen LogP contribution in [-0.2, 0) is 19.9 Å². The van der Waals surface area contributed by atoms with Crippen molar-refractivity contribution in [2.24, 2.45) is 0 Å². The molecule has 0 spiro atoms. The number of nitrogens with one attached hydrogen (secondary N) is 3. The van der Waals surface area contributed by atoms with Crippen molar-refractivity contribution in [3.05, 3.63) is 83.5 Å². The molecule has 0 bridgehead atoms. The molecule has 1 aromatic heterocycles. The summed E-state index contributed by atoms with van der Waals surface area (Å²) in [4.78, 5) is 15.9. The van der Waals surface area contributed by atoms with Crippen LogP contribution in [0, 0.1) is 0 Å². The Balaban J connectivity index is 1.60. The number of anilines is 2. The summed E-state index contributed by atoms with van der Waals surface area (Å²) in [5.74, 6) is -0.456. The van der Waals surface area contributed by atoms with Gasteiger partial charge in [0.25, 0.3) is 5.91 Å². The topological polar surface area (TPSA) is 125 Å². The van der Waals surface area contributed by atoms with Gasteiger partial charge in [-0.25, -0.2) is 16.8 Å². The number of carbonyl (C=O) groups is 1. The van der Waals surface area contributed by atoms with Crippen LogP contribution in [0.3, 0.4) is 0 Å². The molecule has 4 aromatic rings. The van der Waals surface area contributed by atoms with E-state index < -0.39 is 25.8 Å². The fourth-order valence-electron chi connectivity index (χ4n) is 3.30. The number of rotatable bonds is 6. The van der Waals surface area contributed by atoms with E-state index in [1.165, 1.54) is 36.5 Å². The fourth-order valence-corrected chi connectivity index (χ4v) is 5.46. The number of amides is 1. The molecule has 4 rings (SSSR count). The molecule has 1 heterocycles. The number of benzene rings is 3. The molecule has 0 radical (unpaired) electrons. The molecule has 0 aliphatic heterocycles. The summed E-state index contributed by atoms with van der Waals surface area (Å²) in [7, 11) is -7.26. The predicted molar refractivity (Wildman–Crippen MR) is 128 cm³/mol. The lowest BCUT2D eigenvalue weighted by molar-refractivity contribution is 0.102. The third kappa shape index (κ3) is 5.03. The van der Waals surface area contributed by atoms with Crippen LogP contribution < -0.4 is 10.0 Å². The van der Waals surface area contributed by atoms with Gasteiger partial charge >= 0.3 is 0 Å². The minimum absolute atomic E-state index is 0.0120. The average molecular weight is 504 g/mol. The summed E-state index contributed by atoms with van der Waals surface area (Å²) >= 11 is 5.93. The van der Waals surface area contributed by atoms with Crippen molar-refractivity contribution in [1.82, 2.24) is 4.98 Å². The summed E-state index contributed by atoms with van der Waals surface area (Å²) in [5, 5.41) is 3.58. The van der Waals surface area contributed by atoms with Crippen LogP contribution in [0.2, 0.25) is 5.02 Å². The molecule has 0 aliphatic carbocycles. The third-order valence-corrected chi connectivity index (χ3v) is 7.33. The zero-order valence-electron chi connectivity index (χ0n) is 17.2. The van der Waals surface area contributed by atoms with E-state index in [9.17, 15) is 21.6 Å². The van der Waals surface area contributed by atoms with Crippen molar-refractivity contribution in [3.63, 3.8) is 0 Å². The lowest BCUT2D eigenvalue weighted by Gasteiger charge is -2.09. The number of sulfonamides is 1. The smallest absolute Gasteiger partial charge is 0.257 e. The monoisotopic (exact) mass is 503 g/mol. The van der Waals surface area contributed by atoms with Crippen molar-refractivity contribution in [1.29, 1.82) is 0 Å². The Morgan fingerprint density at radius 2 is 1.58 bits per heavy atom. The number of aromatic amines is 1. The number of halogens is 1. The lowest BCUT2D eigenvalue weighted by Crippen LogP contribution is -2.12. The second kappa shape index (κ2) is 8.54. The number of hydrogen-bond acceptors (Lipinski definition) is 5. The predicted octanol–water partition coefficient (Wildman–Crippen LogP) is 4.28. The maximum atomic E-state index is 12.9. The van der Waals surface area contributed by atoms with E-state index in [-0.39, 0.29) is 9.79 Å². The second-order valence-electron chi connectivity index (χ2n) is 7.28. The van der Waals surface area contributed by atoms with Crippen LogP contribution in [0.1, 0.15) is 10.4 Å². The van der Waals surface area contributed by atoms with Gasteiger partial charge in [-0.3, -0.25) is 9.52 Å². The summed E-state index contributed by atoms with van der Waals surface area (Å²) in [6, 6.07) is 16.6. The molecule has 1 amide bonds. The van der Waals surface area contributed by atoms with Crippen LogP contribution in [-0.4, -0.2) is 34.0 Å². The molecule has 0 fully saturated rings. The third-order valence-electron chi connectivity index (χ3n) is 4.74. The lowest BCUT2D eigenvalue weighted by atomic mass is 10.1. The van der Waals surface area contributed by atoms with Crippen LogP contribution in [0.15, 0.2) is 82.7 Å². The van der Waals surface area contributed by atoms with Gasteiger partial charge in [-0.05, 0) is 54.6 Å². The molecule has 0 saturated carbocycles. The number of H-pyrrole nitrogens is 1. The molecule has 0 unspecified atom stereocenters. The maximum absolute atomic E-state index is 12.9. The van der Waals surface area contributed by atoms with Crippen LogP contribution in [0.5, 0.6) is 0 Å². The van der Waals surface area contributed by atoms with Crippen LogP contribution in [0.4, 0.5) is 11.4 Å². The van der Waals surface area contributed by atoms with Crippen molar-refractivity contribution >= 4 is 59.6 Å². The summed E-state index contributed by atoms with van der Waals surface area (Å²) in [5.41, 5.74) is 1.54. The number of aromatic nitrogens is 1. The van der Waals surface area contributed by atoms with Gasteiger partial charge in [-0.2, -0.15) is 0 Å². The first-order valence-corrected chi connectivity index (χ1v) is 13.3. The Hall–Kier alpha value is -3.34. The first-order valence-electron chi connectivity index (χ1n) is 9.54. The molecule has 8 nitrogen and oxygen atoms in total. The largest absolute Gasteiger partial charge is 0.360 e. The van der Waals surface area contributed by atoms with Crippen molar-refractivity contribution < 1.29 is 21.6 Å². The number of carbonyl (C=O) groups excluding carboxylic acids is 1. The molecule has 11 heteroatoms. The zero-order chi connectivity index (χ0) is 23.8. The molecule has 0 atom stereocenters. The van der Waals surface area contributed by atoms with Crippen molar-refractivity contribution in [3.8, 4) is 0 Å². The van der Waals surface area contributed by atoms with Gasteiger partial charge in [-0.15, -0.1) is 0 Å². The SMILES string of the molecule is CS(=O)(=O)Nc1ccc2c(C(=O)Nc3cccc(S(=O)(=O)c4cccc(Cl)c4)c3)c[nH]c2c1. The van der Waals surface area contributed by atoms with Gasteiger partial charge in [0.1, 0.15) is 0 Å². The normalized spacial score (nSPS) is 11.9. The van der Waals surface area contributed by atoms with Crippen LogP contribution >= 0.6 is 11.6 Å². The Bertz CT molecular complexity index is 1600. The van der Waals surface area contributed by atoms with Crippen molar-refractivity contribution in [2.45, 2.75) is 9.79 Å². The average Bonchev–Trinajstić information content (AvgIpc) is 3.16. The highest BCUT2D eigenvalue weighted by Crippen LogP contribution is 2.27. The Morgan fingerprint density at radius 1 is 0.879 bits per heavy atom. The fraction of sp³-hybridized carbons (Fsp3) is 0.0455. The molecule has 3 N–H and O–H groups in total. The quantitative estimate of drug-likeness (QED) is 0.362. The Kier molecular flexibility index (Phi) is 5.91. The first-order chi connectivity index (χ1) is 15.5. The number of sulfone groups is 1. The van der Waals surface area contributed by atoms with E-state index in [1.54, 1.807) is 36.4 Å². The number of hydrogen-bond donors (Lipinski definition) is 3. The summed E-state index contributed by atoms with van der Waals surface area (Å²) < 4.78 is 51.1. The van der Waals surface area contributed by atoms with Crippen LogP contribution in [0.25, 0.3) is 10.9 Å². The zero-order valence-corrected chi connectivity index (χ0v) is 19.6. The minimum Gasteiger partial charge on any atom is -0.360 e. The van der Waals surface area contributed by atoms with E-state index in [4.69, 9.17) is 11.6 Å². The van der Waals surface area contributed by atoms with Gasteiger partial charge in [-0.1, -0.05) is 23.7 Å². The van der Waals surface area contributed by atoms with E-state index in [0.717, 1.165) is 6.26 Å². The van der Waals surface area contributed by atoms with Gasteiger partial charge in [0.2, 0.25) is 19.9 Å². The molecule has 0 saturated heterocycles. The molecule has 3 aromatic carbocycles. The van der Waals surface area contributed by atoms with E-state index >= 15 is 0 Å². The van der Waals surface area contributed by atoms with Gasteiger partial charge in [0, 0.05) is 27.8 Å². The molecular weight excluding hydrogens is 486 g/mol. The second-order valence-corrected chi connectivity index (χ2v) is 11.4. The number of fused-ring (bicyclic) bond motifs is 1. The molecular formula is C22H18ClN3O5S2. The van der Waals surface area contributed by atoms with Crippen molar-refractivity contribution in [2.75, 3.05) is 16.3 Å². The summed E-state index contributed by atoms with van der Waals surface area (Å²) in [6.07, 6.45) is 2.54. The van der Waals surface area contributed by atoms with Gasteiger partial charge < -0.3 is 10.3 Å². The highest BCUT2D eigenvalue weighted by atomic mass is 35.5. The molecule has 170 valence electrons. The van der Waals surface area contributed by atoms with Gasteiger partial charge in [0.15, 0.2) is 0 Å². The first kappa shape index (κ1) is 22.8. The van der Waals surface area contributed by atoms with E-state index in [1.807, 2.05) is 0 Å². The Labute approximate surface area is 195 Å². The highest BCUT2D eigenvalue weighted by Gasteiger charge is 2.19. The maximum Gasteiger partial charge on any atom is 0.257 e. The highest BCUT2D eigenvalue weighted by molar-refractivity contribution is 7.92.